The zero-order valence-corrected chi connectivity index (χ0v) is 17.4. The van der Waals surface area contributed by atoms with Crippen molar-refractivity contribution in [3.8, 4) is 22.9 Å². The van der Waals surface area contributed by atoms with Gasteiger partial charge in [0.15, 0.2) is 0 Å². The molecular weight excluding hydrogens is 412 g/mol. The Hall–Kier alpha value is -3.82. The highest BCUT2D eigenvalue weighted by Gasteiger charge is 2.30. The van der Waals surface area contributed by atoms with Crippen LogP contribution in [0.2, 0.25) is 5.02 Å². The van der Waals surface area contributed by atoms with Gasteiger partial charge in [-0.05, 0) is 47.5 Å². The Kier molecular flexibility index (Phi) is 4.61. The van der Waals surface area contributed by atoms with Crippen molar-refractivity contribution in [1.82, 2.24) is 14.5 Å². The summed E-state index contributed by atoms with van der Waals surface area (Å²) in [5.41, 5.74) is 5.37. The maximum Gasteiger partial charge on any atom is 0.255 e. The van der Waals surface area contributed by atoms with Crippen molar-refractivity contribution in [3.05, 3.63) is 82.6 Å². The number of hydrogen-bond acceptors (Lipinski definition) is 4. The van der Waals surface area contributed by atoms with E-state index < -0.39 is 0 Å². The average molecular weight is 429 g/mol. The molecule has 7 heteroatoms. The van der Waals surface area contributed by atoms with Gasteiger partial charge in [0.25, 0.3) is 5.91 Å². The Morgan fingerprint density at radius 3 is 2.71 bits per heavy atom. The fourth-order valence-corrected chi connectivity index (χ4v) is 4.38. The highest BCUT2D eigenvalue weighted by molar-refractivity contribution is 6.33. The summed E-state index contributed by atoms with van der Waals surface area (Å²) in [5.74, 6) is 0.622. The van der Waals surface area contributed by atoms with Gasteiger partial charge in [0.1, 0.15) is 11.8 Å². The van der Waals surface area contributed by atoms with E-state index in [1.165, 1.54) is 0 Å². The first-order valence-corrected chi connectivity index (χ1v) is 10.1. The monoisotopic (exact) mass is 428 g/mol. The largest absolute Gasteiger partial charge is 0.497 e. The molecule has 1 aromatic heterocycles. The summed E-state index contributed by atoms with van der Waals surface area (Å²) < 4.78 is 7.09. The van der Waals surface area contributed by atoms with E-state index >= 15 is 0 Å². The van der Waals surface area contributed by atoms with Crippen molar-refractivity contribution in [2.24, 2.45) is 0 Å². The van der Waals surface area contributed by atoms with Crippen LogP contribution in [0.25, 0.3) is 22.2 Å². The van der Waals surface area contributed by atoms with Crippen LogP contribution < -0.4 is 4.74 Å². The van der Waals surface area contributed by atoms with Crippen LogP contribution in [0.1, 0.15) is 21.5 Å². The van der Waals surface area contributed by atoms with Crippen molar-refractivity contribution in [3.63, 3.8) is 0 Å². The molecule has 0 bridgehead atoms. The number of nitrogens with zero attached hydrogens (tertiary/aromatic N) is 4. The topological polar surface area (TPSA) is 71.2 Å². The lowest BCUT2D eigenvalue weighted by Crippen LogP contribution is -2.26. The van der Waals surface area contributed by atoms with Gasteiger partial charge in [0, 0.05) is 17.7 Å². The number of carbonyl (C=O) groups is 1. The van der Waals surface area contributed by atoms with E-state index in [0.29, 0.717) is 35.1 Å². The molecule has 1 aliphatic rings. The molecule has 0 N–H and O–H groups in total. The van der Waals surface area contributed by atoms with Crippen molar-refractivity contribution in [1.29, 1.82) is 5.26 Å². The number of carbonyl (C=O) groups excluding carboxylic acids is 1. The summed E-state index contributed by atoms with van der Waals surface area (Å²) >= 11 is 6.51. The minimum Gasteiger partial charge on any atom is -0.497 e. The minimum atomic E-state index is -0.0576. The summed E-state index contributed by atoms with van der Waals surface area (Å²) in [5, 5.41) is 10.0. The molecule has 0 saturated heterocycles. The first-order chi connectivity index (χ1) is 15.1. The minimum absolute atomic E-state index is 0.0576. The first kappa shape index (κ1) is 19.2. The first-order valence-electron chi connectivity index (χ1n) is 9.69. The molecule has 0 saturated carbocycles. The number of aromatic nitrogens is 2. The Morgan fingerprint density at radius 2 is 1.94 bits per heavy atom. The molecule has 0 radical (unpaired) electrons. The highest BCUT2D eigenvalue weighted by atomic mass is 35.5. The highest BCUT2D eigenvalue weighted by Crippen LogP contribution is 2.37. The second kappa shape index (κ2) is 7.46. The average Bonchev–Trinajstić information content (AvgIpc) is 3.35. The fourth-order valence-electron chi connectivity index (χ4n) is 4.11. The van der Waals surface area contributed by atoms with Gasteiger partial charge in [0.2, 0.25) is 0 Å². The summed E-state index contributed by atoms with van der Waals surface area (Å²) in [6.07, 6.45) is 1.67. The second-order valence-electron chi connectivity index (χ2n) is 7.32. The van der Waals surface area contributed by atoms with Crippen LogP contribution in [-0.2, 0) is 13.2 Å². The van der Waals surface area contributed by atoms with Crippen LogP contribution in [0.3, 0.4) is 0 Å². The standard InChI is InChI=1S/C24H17ClN4O2/c1-31-16-8-9-18(21(25)10-16)17-5-3-6-19-20(17)12-28(24(19)30)14-29-13-27-22-7-2-4-15(11-26)23(22)29/h2-10,13H,12,14H2,1H3. The number of para-hydroxylation sites is 1. The zero-order chi connectivity index (χ0) is 21.5. The zero-order valence-electron chi connectivity index (χ0n) is 16.7. The number of hydrogen-bond donors (Lipinski definition) is 0. The quantitative estimate of drug-likeness (QED) is 0.465. The number of halogens is 1. The van der Waals surface area contributed by atoms with Crippen LogP contribution in [0.5, 0.6) is 5.75 Å². The van der Waals surface area contributed by atoms with Gasteiger partial charge in [-0.15, -0.1) is 0 Å². The molecule has 0 aliphatic carbocycles. The van der Waals surface area contributed by atoms with E-state index in [-0.39, 0.29) is 5.91 Å². The van der Waals surface area contributed by atoms with Crippen molar-refractivity contribution >= 4 is 28.5 Å². The SMILES string of the molecule is COc1ccc(-c2cccc3c2CN(Cn2cnc4cccc(C#N)c42)C3=O)c(Cl)c1. The third-order valence-electron chi connectivity index (χ3n) is 5.59. The molecule has 0 fully saturated rings. The van der Waals surface area contributed by atoms with Gasteiger partial charge in [-0.25, -0.2) is 4.98 Å². The molecule has 152 valence electrons. The third kappa shape index (κ3) is 3.11. The van der Waals surface area contributed by atoms with Gasteiger partial charge < -0.3 is 14.2 Å². The predicted molar refractivity (Wildman–Crippen MR) is 118 cm³/mol. The molecule has 0 atom stereocenters. The lowest BCUT2D eigenvalue weighted by Gasteiger charge is -2.17. The summed E-state index contributed by atoms with van der Waals surface area (Å²) in [6, 6.07) is 18.8. The molecule has 1 aliphatic heterocycles. The number of amides is 1. The lowest BCUT2D eigenvalue weighted by molar-refractivity contribution is 0.0730. The molecule has 0 spiro atoms. The van der Waals surface area contributed by atoms with E-state index in [4.69, 9.17) is 16.3 Å². The molecule has 3 aromatic carbocycles. The van der Waals surface area contributed by atoms with E-state index in [0.717, 1.165) is 27.7 Å². The summed E-state index contributed by atoms with van der Waals surface area (Å²) in [7, 11) is 1.60. The second-order valence-corrected chi connectivity index (χ2v) is 7.73. The number of methoxy groups -OCH3 is 1. The van der Waals surface area contributed by atoms with E-state index in [9.17, 15) is 10.1 Å². The molecule has 4 aromatic rings. The van der Waals surface area contributed by atoms with Crippen LogP contribution in [0.4, 0.5) is 0 Å². The molecule has 0 unspecified atom stereocenters. The smallest absolute Gasteiger partial charge is 0.255 e. The van der Waals surface area contributed by atoms with Crippen LogP contribution >= 0.6 is 11.6 Å². The predicted octanol–water partition coefficient (Wildman–Crippen LogP) is 4.85. The van der Waals surface area contributed by atoms with Gasteiger partial charge >= 0.3 is 0 Å². The molecular formula is C24H17ClN4O2. The number of rotatable bonds is 4. The fraction of sp³-hybridized carbons (Fsp3) is 0.125. The van der Waals surface area contributed by atoms with Gasteiger partial charge in [-0.3, -0.25) is 4.79 Å². The molecule has 1 amide bonds. The number of benzene rings is 3. The van der Waals surface area contributed by atoms with Crippen LogP contribution in [-0.4, -0.2) is 27.5 Å². The number of fused-ring (bicyclic) bond motifs is 2. The van der Waals surface area contributed by atoms with Gasteiger partial charge in [-0.1, -0.05) is 29.8 Å². The summed E-state index contributed by atoms with van der Waals surface area (Å²) in [4.78, 5) is 19.3. The van der Waals surface area contributed by atoms with Gasteiger partial charge in [0.05, 0.1) is 41.7 Å². The maximum atomic E-state index is 13.2. The van der Waals surface area contributed by atoms with Gasteiger partial charge in [-0.2, -0.15) is 5.26 Å². The molecule has 6 nitrogen and oxygen atoms in total. The third-order valence-corrected chi connectivity index (χ3v) is 5.90. The lowest BCUT2D eigenvalue weighted by atomic mass is 9.97. The van der Waals surface area contributed by atoms with Crippen molar-refractivity contribution in [2.75, 3.05) is 7.11 Å². The molecule has 2 heterocycles. The number of ether oxygens (including phenoxy) is 1. The summed E-state index contributed by atoms with van der Waals surface area (Å²) in [6.45, 7) is 0.750. The van der Waals surface area contributed by atoms with Crippen LogP contribution in [0.15, 0.2) is 60.9 Å². The Balaban J connectivity index is 1.52. The number of nitriles is 1. The Bertz CT molecular complexity index is 1390. The number of imidazole rings is 1. The van der Waals surface area contributed by atoms with Crippen LogP contribution in [0, 0.1) is 11.3 Å². The Labute approximate surface area is 183 Å². The van der Waals surface area contributed by atoms with Crippen molar-refractivity contribution < 1.29 is 9.53 Å². The molecule has 31 heavy (non-hydrogen) atoms. The van der Waals surface area contributed by atoms with E-state index in [1.807, 2.05) is 41.0 Å². The Morgan fingerprint density at radius 1 is 1.13 bits per heavy atom. The van der Waals surface area contributed by atoms with Crippen molar-refractivity contribution in [2.45, 2.75) is 13.2 Å². The van der Waals surface area contributed by atoms with E-state index in [1.54, 1.807) is 36.5 Å². The normalized spacial score (nSPS) is 12.8. The van der Waals surface area contributed by atoms with E-state index in [2.05, 4.69) is 11.1 Å². The molecule has 5 rings (SSSR count). The maximum absolute atomic E-state index is 13.2.